The first-order valence-electron chi connectivity index (χ1n) is 6.63. The molecule has 1 aliphatic heterocycles. The smallest absolute Gasteiger partial charge is 0.433 e. The Morgan fingerprint density at radius 3 is 2.70 bits per heavy atom. The number of aromatic nitrogens is 1. The van der Waals surface area contributed by atoms with E-state index in [9.17, 15) is 18.3 Å². The highest BCUT2D eigenvalue weighted by Gasteiger charge is 2.34. The molecule has 1 aromatic heterocycles. The maximum Gasteiger partial charge on any atom is 0.433 e. The Kier molecular flexibility index (Phi) is 4.86. The van der Waals surface area contributed by atoms with E-state index in [1.165, 1.54) is 23.3 Å². The number of ether oxygens (including phenoxy) is 1. The van der Waals surface area contributed by atoms with E-state index in [1.807, 2.05) is 0 Å². The van der Waals surface area contributed by atoms with Gasteiger partial charge >= 0.3 is 6.18 Å². The van der Waals surface area contributed by atoms with Crippen molar-refractivity contribution >= 4 is 23.5 Å². The number of halogens is 4. The second-order valence-corrected chi connectivity index (χ2v) is 5.87. The van der Waals surface area contributed by atoms with Crippen LogP contribution in [0.1, 0.15) is 19.5 Å². The average molecular weight is 350 g/mol. The number of aliphatic hydroxyl groups is 1. The molecule has 5 nitrogen and oxygen atoms in total. The van der Waals surface area contributed by atoms with E-state index in [4.69, 9.17) is 16.3 Å². The van der Waals surface area contributed by atoms with Gasteiger partial charge in [-0.15, -0.1) is 0 Å². The zero-order valence-corrected chi connectivity index (χ0v) is 13.1. The summed E-state index contributed by atoms with van der Waals surface area (Å²) in [6, 6.07) is 2.23. The lowest BCUT2D eigenvalue weighted by Crippen LogP contribution is -2.36. The van der Waals surface area contributed by atoms with E-state index < -0.39 is 23.1 Å². The van der Waals surface area contributed by atoms with Gasteiger partial charge in [-0.25, -0.2) is 0 Å². The summed E-state index contributed by atoms with van der Waals surface area (Å²) < 4.78 is 43.9. The number of pyridine rings is 1. The van der Waals surface area contributed by atoms with Crippen LogP contribution in [0.2, 0.25) is 0 Å². The summed E-state index contributed by atoms with van der Waals surface area (Å²) in [6.07, 6.45) is -0.694. The molecular formula is C14H15ClF3N3O2. The van der Waals surface area contributed by atoms with Crippen LogP contribution in [-0.2, 0) is 10.9 Å². The Morgan fingerprint density at radius 2 is 2.09 bits per heavy atom. The van der Waals surface area contributed by atoms with Crippen molar-refractivity contribution in [3.63, 3.8) is 0 Å². The van der Waals surface area contributed by atoms with Crippen molar-refractivity contribution in [2.24, 2.45) is 4.99 Å². The third-order valence-electron chi connectivity index (χ3n) is 2.76. The van der Waals surface area contributed by atoms with E-state index >= 15 is 0 Å². The van der Waals surface area contributed by atoms with Gasteiger partial charge in [-0.05, 0) is 26.0 Å². The molecule has 0 amide bonds. The van der Waals surface area contributed by atoms with E-state index in [0.29, 0.717) is 0 Å². The van der Waals surface area contributed by atoms with Crippen molar-refractivity contribution in [1.82, 2.24) is 4.98 Å². The minimum atomic E-state index is -4.57. The molecule has 0 saturated carbocycles. The Morgan fingerprint density at radius 1 is 1.39 bits per heavy atom. The van der Waals surface area contributed by atoms with Gasteiger partial charge in [0.15, 0.2) is 5.88 Å². The molecule has 23 heavy (non-hydrogen) atoms. The molecule has 1 N–H and O–H groups in total. The fourth-order valence-electron chi connectivity index (χ4n) is 1.77. The molecule has 2 heterocycles. The first-order valence-corrected chi connectivity index (χ1v) is 7.07. The lowest BCUT2D eigenvalue weighted by atomic mass is 10.2. The topological polar surface area (TPSA) is 58.0 Å². The predicted octanol–water partition coefficient (Wildman–Crippen LogP) is 3.14. The number of allylic oxidation sites excluding steroid dienone is 1. The van der Waals surface area contributed by atoms with Gasteiger partial charge < -0.3 is 9.84 Å². The van der Waals surface area contributed by atoms with E-state index in [-0.39, 0.29) is 18.2 Å². The number of hydrogen-bond donors (Lipinski definition) is 1. The van der Waals surface area contributed by atoms with Crippen LogP contribution >= 0.6 is 11.6 Å². The zero-order chi connectivity index (χ0) is 17.3. The second-order valence-electron chi connectivity index (χ2n) is 5.48. The quantitative estimate of drug-likeness (QED) is 0.670. The number of alkyl halides is 4. The van der Waals surface area contributed by atoms with Gasteiger partial charge in [0.2, 0.25) is 5.62 Å². The maximum atomic E-state index is 12.8. The molecule has 0 saturated heterocycles. The average Bonchev–Trinajstić information content (AvgIpc) is 2.43. The molecule has 0 radical (unpaired) electrons. The minimum absolute atomic E-state index is 0.0655. The highest BCUT2D eigenvalue weighted by Crippen LogP contribution is 2.33. The molecule has 1 atom stereocenters. The summed E-state index contributed by atoms with van der Waals surface area (Å²) in [5, 5.41) is 9.73. The fraction of sp³-hybridized carbons (Fsp3) is 0.429. The van der Waals surface area contributed by atoms with Crippen molar-refractivity contribution in [2.75, 3.05) is 11.5 Å². The zero-order valence-electron chi connectivity index (χ0n) is 12.4. The predicted molar refractivity (Wildman–Crippen MR) is 80.2 cm³/mol. The number of aliphatic imine (C=N–C) groups is 1. The molecule has 1 unspecified atom stereocenters. The Hall–Kier alpha value is -1.80. The lowest BCUT2D eigenvalue weighted by molar-refractivity contribution is -0.141. The van der Waals surface area contributed by atoms with E-state index in [2.05, 4.69) is 9.98 Å². The van der Waals surface area contributed by atoms with Gasteiger partial charge in [-0.2, -0.15) is 13.2 Å². The second kappa shape index (κ2) is 6.37. The van der Waals surface area contributed by atoms with Gasteiger partial charge in [0.05, 0.1) is 11.3 Å². The van der Waals surface area contributed by atoms with Crippen LogP contribution in [0.5, 0.6) is 0 Å². The maximum absolute atomic E-state index is 12.8. The Bertz CT molecular complexity index is 626. The summed E-state index contributed by atoms with van der Waals surface area (Å²) in [5.41, 5.74) is -3.00. The summed E-state index contributed by atoms with van der Waals surface area (Å²) in [7, 11) is 0. The normalized spacial score (nSPS) is 18.8. The van der Waals surface area contributed by atoms with Gasteiger partial charge in [0.25, 0.3) is 0 Å². The van der Waals surface area contributed by atoms with Crippen molar-refractivity contribution in [1.29, 1.82) is 0 Å². The summed E-state index contributed by atoms with van der Waals surface area (Å²) in [5.74, 6) is 0.182. The third kappa shape index (κ3) is 4.59. The van der Waals surface area contributed by atoms with Crippen LogP contribution in [0, 0.1) is 0 Å². The lowest BCUT2D eigenvalue weighted by Gasteiger charge is -2.32. The molecule has 2 rings (SSSR count). The Balaban J connectivity index is 2.31. The van der Waals surface area contributed by atoms with Gasteiger partial charge in [0, 0.05) is 18.5 Å². The molecule has 0 bridgehead atoms. The molecule has 1 aliphatic rings. The molecule has 126 valence electrons. The van der Waals surface area contributed by atoms with Crippen LogP contribution in [0.3, 0.4) is 0 Å². The number of rotatable bonds is 4. The first-order chi connectivity index (χ1) is 10.6. The first kappa shape index (κ1) is 17.6. The molecule has 9 heteroatoms. The van der Waals surface area contributed by atoms with Gasteiger partial charge in [-0.1, -0.05) is 11.6 Å². The van der Waals surface area contributed by atoms with Crippen molar-refractivity contribution in [3.05, 3.63) is 36.0 Å². The number of hydrogen-bond acceptors (Lipinski definition) is 5. The largest absolute Gasteiger partial charge is 0.476 e. The number of nitrogens with zero attached hydrogens (tertiary/aromatic N) is 3. The standard InChI is InChI=1S/C14H15ClF3N3O2/c1-13(2,22)8-23-11-4-6-20-12(15)21(11)9-3-5-19-10(7-9)14(16,17)18/h3-7,12,22H,8H2,1-2H3. The Labute approximate surface area is 136 Å². The van der Waals surface area contributed by atoms with E-state index in [0.717, 1.165) is 12.3 Å². The molecular weight excluding hydrogens is 335 g/mol. The summed E-state index contributed by atoms with van der Waals surface area (Å²) in [6.45, 7) is 3.02. The highest BCUT2D eigenvalue weighted by atomic mass is 35.5. The van der Waals surface area contributed by atoms with Crippen LogP contribution < -0.4 is 4.90 Å². The molecule has 0 spiro atoms. The van der Waals surface area contributed by atoms with Crippen LogP contribution in [0.25, 0.3) is 0 Å². The SMILES string of the molecule is CC(C)(O)COC1=CC=NC(Cl)N1c1ccnc(C(F)(F)F)c1. The van der Waals surface area contributed by atoms with Crippen molar-refractivity contribution < 1.29 is 23.0 Å². The van der Waals surface area contributed by atoms with Gasteiger partial charge in [0.1, 0.15) is 12.3 Å². The molecule has 1 aromatic rings. The fourth-order valence-corrected chi connectivity index (χ4v) is 2.05. The van der Waals surface area contributed by atoms with Crippen LogP contribution in [0.4, 0.5) is 18.9 Å². The van der Waals surface area contributed by atoms with Crippen molar-refractivity contribution in [3.8, 4) is 0 Å². The molecule has 0 aromatic carbocycles. The molecule has 0 fully saturated rings. The monoisotopic (exact) mass is 349 g/mol. The van der Waals surface area contributed by atoms with Gasteiger partial charge in [-0.3, -0.25) is 14.9 Å². The third-order valence-corrected chi connectivity index (χ3v) is 3.07. The van der Waals surface area contributed by atoms with Crippen LogP contribution in [-0.4, -0.2) is 34.1 Å². The molecule has 0 aliphatic carbocycles. The summed E-state index contributed by atoms with van der Waals surface area (Å²) in [4.78, 5) is 8.51. The summed E-state index contributed by atoms with van der Waals surface area (Å²) >= 11 is 6.07. The van der Waals surface area contributed by atoms with E-state index in [1.54, 1.807) is 13.8 Å². The van der Waals surface area contributed by atoms with Crippen molar-refractivity contribution in [2.45, 2.75) is 31.2 Å². The highest BCUT2D eigenvalue weighted by molar-refractivity contribution is 6.22. The minimum Gasteiger partial charge on any atom is -0.476 e. The van der Waals surface area contributed by atoms with Crippen LogP contribution in [0.15, 0.2) is 35.3 Å². The number of anilines is 1.